The molecule has 2 aliphatic heterocycles. The molecule has 5 nitrogen and oxygen atoms in total. The SMILES string of the molecule is O=C(N[C@@H]1C[C@H]2CCN(C2)C1)c1ncc(-c2ccccc2F)o1. The van der Waals surface area contributed by atoms with Crippen molar-refractivity contribution in [3.8, 4) is 11.3 Å². The van der Waals surface area contributed by atoms with E-state index >= 15 is 0 Å². The van der Waals surface area contributed by atoms with E-state index in [1.165, 1.54) is 18.7 Å². The van der Waals surface area contributed by atoms with Gasteiger partial charge in [0.05, 0.1) is 11.8 Å². The minimum atomic E-state index is -0.396. The van der Waals surface area contributed by atoms with Crippen molar-refractivity contribution >= 4 is 5.91 Å². The Kier molecular flexibility index (Phi) is 3.61. The van der Waals surface area contributed by atoms with Crippen LogP contribution >= 0.6 is 0 Å². The number of fused-ring (bicyclic) bond motifs is 2. The number of hydrogen-bond acceptors (Lipinski definition) is 4. The largest absolute Gasteiger partial charge is 0.432 e. The summed E-state index contributed by atoms with van der Waals surface area (Å²) >= 11 is 0. The van der Waals surface area contributed by atoms with Crippen molar-refractivity contribution in [2.45, 2.75) is 18.9 Å². The predicted octanol–water partition coefficient (Wildman–Crippen LogP) is 2.30. The van der Waals surface area contributed by atoms with Gasteiger partial charge in [-0.05, 0) is 37.4 Å². The van der Waals surface area contributed by atoms with Gasteiger partial charge in [-0.1, -0.05) is 12.1 Å². The molecule has 1 N–H and O–H groups in total. The van der Waals surface area contributed by atoms with Crippen LogP contribution in [0.4, 0.5) is 4.39 Å². The molecule has 1 aromatic carbocycles. The zero-order chi connectivity index (χ0) is 15.8. The number of hydrogen-bond donors (Lipinski definition) is 1. The van der Waals surface area contributed by atoms with E-state index in [2.05, 4.69) is 15.2 Å². The second-order valence-corrected chi connectivity index (χ2v) is 6.33. The van der Waals surface area contributed by atoms with Gasteiger partial charge in [0.25, 0.3) is 5.89 Å². The number of oxazole rings is 1. The van der Waals surface area contributed by atoms with E-state index in [0.717, 1.165) is 26.1 Å². The fourth-order valence-electron chi connectivity index (χ4n) is 3.58. The summed E-state index contributed by atoms with van der Waals surface area (Å²) in [5, 5.41) is 2.98. The van der Waals surface area contributed by atoms with E-state index in [1.54, 1.807) is 18.2 Å². The maximum Gasteiger partial charge on any atom is 0.307 e. The van der Waals surface area contributed by atoms with Crippen molar-refractivity contribution in [1.82, 2.24) is 15.2 Å². The maximum atomic E-state index is 13.8. The molecule has 2 aromatic rings. The van der Waals surface area contributed by atoms with Crippen molar-refractivity contribution in [3.63, 3.8) is 0 Å². The lowest BCUT2D eigenvalue weighted by molar-refractivity contribution is 0.0875. The molecule has 0 spiro atoms. The van der Waals surface area contributed by atoms with Crippen LogP contribution in [-0.4, -0.2) is 41.5 Å². The van der Waals surface area contributed by atoms with Crippen molar-refractivity contribution in [2.24, 2.45) is 5.92 Å². The third-order valence-electron chi connectivity index (χ3n) is 4.64. The zero-order valence-corrected chi connectivity index (χ0v) is 12.7. The number of aromatic nitrogens is 1. The third-order valence-corrected chi connectivity index (χ3v) is 4.64. The number of piperidine rings is 1. The summed E-state index contributed by atoms with van der Waals surface area (Å²) in [6, 6.07) is 6.41. The van der Waals surface area contributed by atoms with E-state index in [4.69, 9.17) is 4.42 Å². The highest BCUT2D eigenvalue weighted by molar-refractivity contribution is 5.90. The Morgan fingerprint density at radius 3 is 3.04 bits per heavy atom. The molecule has 120 valence electrons. The smallest absolute Gasteiger partial charge is 0.307 e. The summed E-state index contributed by atoms with van der Waals surface area (Å²) in [5.41, 5.74) is 0.306. The van der Waals surface area contributed by atoms with Crippen LogP contribution in [0.5, 0.6) is 0 Å². The van der Waals surface area contributed by atoms with Gasteiger partial charge < -0.3 is 14.6 Å². The molecule has 1 aromatic heterocycles. The van der Waals surface area contributed by atoms with E-state index in [9.17, 15) is 9.18 Å². The molecular formula is C17H18FN3O2. The van der Waals surface area contributed by atoms with Gasteiger partial charge in [-0.25, -0.2) is 9.37 Å². The number of halogens is 1. The molecule has 3 heterocycles. The number of nitrogens with zero attached hydrogens (tertiary/aromatic N) is 2. The average Bonchev–Trinajstić information content (AvgIpc) is 3.15. The van der Waals surface area contributed by atoms with Crippen LogP contribution in [-0.2, 0) is 0 Å². The number of benzene rings is 1. The number of nitrogens with one attached hydrogen (secondary N) is 1. The highest BCUT2D eigenvalue weighted by Gasteiger charge is 2.33. The first kappa shape index (κ1) is 14.4. The number of carbonyl (C=O) groups is 1. The van der Waals surface area contributed by atoms with Crippen LogP contribution < -0.4 is 5.32 Å². The first-order valence-electron chi connectivity index (χ1n) is 7.93. The first-order chi connectivity index (χ1) is 11.2. The van der Waals surface area contributed by atoms with Crippen LogP contribution in [0.25, 0.3) is 11.3 Å². The summed E-state index contributed by atoms with van der Waals surface area (Å²) in [5.74, 6) is 0.192. The van der Waals surface area contributed by atoms with Crippen LogP contribution in [0.1, 0.15) is 23.5 Å². The Bertz CT molecular complexity index is 718. The van der Waals surface area contributed by atoms with Crippen LogP contribution in [0.15, 0.2) is 34.9 Å². The normalized spacial score (nSPS) is 26.2. The highest BCUT2D eigenvalue weighted by atomic mass is 19.1. The van der Waals surface area contributed by atoms with Gasteiger partial charge in [0.2, 0.25) is 0 Å². The van der Waals surface area contributed by atoms with Crippen LogP contribution in [0, 0.1) is 11.7 Å². The summed E-state index contributed by atoms with van der Waals surface area (Å²) in [6.45, 7) is 3.14. The summed E-state index contributed by atoms with van der Waals surface area (Å²) in [4.78, 5) is 18.7. The molecule has 1 amide bonds. The summed E-state index contributed by atoms with van der Waals surface area (Å²) in [6.07, 6.45) is 3.60. The van der Waals surface area contributed by atoms with Gasteiger partial charge in [-0.2, -0.15) is 0 Å². The van der Waals surface area contributed by atoms with E-state index < -0.39 is 5.82 Å². The molecule has 2 fully saturated rings. The quantitative estimate of drug-likeness (QED) is 0.944. The number of carbonyl (C=O) groups excluding carboxylic acids is 1. The standard InChI is InChI=1S/C17H18FN3O2/c18-14-4-2-1-3-13(14)15-8-19-17(23-15)16(22)20-12-7-11-5-6-21(9-11)10-12/h1-4,8,11-12H,5-7,9-10H2,(H,20,22)/t11-,12-/m1/s1. The molecule has 2 saturated heterocycles. The molecule has 23 heavy (non-hydrogen) atoms. The van der Waals surface area contributed by atoms with Crippen LogP contribution in [0.2, 0.25) is 0 Å². The molecule has 2 aliphatic rings. The van der Waals surface area contributed by atoms with E-state index in [-0.39, 0.29) is 23.6 Å². The molecule has 4 rings (SSSR count). The third kappa shape index (κ3) is 2.86. The number of rotatable bonds is 3. The minimum Gasteiger partial charge on any atom is -0.432 e. The highest BCUT2D eigenvalue weighted by Crippen LogP contribution is 2.27. The summed E-state index contributed by atoms with van der Waals surface area (Å²) < 4.78 is 19.2. The lowest BCUT2D eigenvalue weighted by Crippen LogP contribution is -2.47. The van der Waals surface area contributed by atoms with Crippen molar-refractivity contribution in [3.05, 3.63) is 42.2 Å². The monoisotopic (exact) mass is 315 g/mol. The molecular weight excluding hydrogens is 297 g/mol. The van der Waals surface area contributed by atoms with Crippen molar-refractivity contribution < 1.29 is 13.6 Å². The molecule has 6 heteroatoms. The topological polar surface area (TPSA) is 58.4 Å². The van der Waals surface area contributed by atoms with Gasteiger partial charge in [-0.3, -0.25) is 4.79 Å². The molecule has 0 radical (unpaired) electrons. The molecule has 2 bridgehead atoms. The Labute approximate surface area is 133 Å². The van der Waals surface area contributed by atoms with Crippen LogP contribution in [0.3, 0.4) is 0 Å². The fourth-order valence-corrected chi connectivity index (χ4v) is 3.58. The minimum absolute atomic E-state index is 0.0174. The second kappa shape index (κ2) is 5.77. The Morgan fingerprint density at radius 2 is 2.22 bits per heavy atom. The van der Waals surface area contributed by atoms with Gasteiger partial charge in [0.15, 0.2) is 5.76 Å². The molecule has 0 saturated carbocycles. The Morgan fingerprint density at radius 1 is 1.35 bits per heavy atom. The van der Waals surface area contributed by atoms with Gasteiger partial charge in [0, 0.05) is 19.1 Å². The second-order valence-electron chi connectivity index (χ2n) is 6.33. The van der Waals surface area contributed by atoms with E-state index in [1.807, 2.05) is 0 Å². The van der Waals surface area contributed by atoms with Gasteiger partial charge in [-0.15, -0.1) is 0 Å². The lowest BCUT2D eigenvalue weighted by atomic mass is 9.97. The molecule has 0 aliphatic carbocycles. The lowest BCUT2D eigenvalue weighted by Gasteiger charge is -2.30. The van der Waals surface area contributed by atoms with Crippen molar-refractivity contribution in [1.29, 1.82) is 0 Å². The maximum absolute atomic E-state index is 13.8. The summed E-state index contributed by atoms with van der Waals surface area (Å²) in [7, 11) is 0. The molecule has 3 atom stereocenters. The fraction of sp³-hybridized carbons (Fsp3) is 0.412. The Hall–Kier alpha value is -2.21. The van der Waals surface area contributed by atoms with Crippen molar-refractivity contribution in [2.75, 3.05) is 19.6 Å². The molecule has 1 unspecified atom stereocenters. The van der Waals surface area contributed by atoms with Gasteiger partial charge in [0.1, 0.15) is 5.82 Å². The first-order valence-corrected chi connectivity index (χ1v) is 7.93. The predicted molar refractivity (Wildman–Crippen MR) is 82.3 cm³/mol. The zero-order valence-electron chi connectivity index (χ0n) is 12.7. The Balaban J connectivity index is 1.46. The average molecular weight is 315 g/mol. The number of amides is 1. The van der Waals surface area contributed by atoms with Gasteiger partial charge >= 0.3 is 5.91 Å². The van der Waals surface area contributed by atoms with E-state index in [0.29, 0.717) is 11.5 Å².